The summed E-state index contributed by atoms with van der Waals surface area (Å²) in [5.41, 5.74) is 2.25. The van der Waals surface area contributed by atoms with Crippen molar-refractivity contribution < 1.29 is 28.5 Å². The third-order valence-electron chi connectivity index (χ3n) is 4.78. The summed E-state index contributed by atoms with van der Waals surface area (Å²) in [5.74, 6) is 1.08. The minimum Gasteiger partial charge on any atom is -0.486 e. The van der Waals surface area contributed by atoms with E-state index in [0.717, 1.165) is 17.1 Å². The van der Waals surface area contributed by atoms with E-state index in [4.69, 9.17) is 18.9 Å². The van der Waals surface area contributed by atoms with Crippen LogP contribution in [0.4, 0.5) is 0 Å². The predicted molar refractivity (Wildman–Crippen MR) is 116 cm³/mol. The monoisotopic (exact) mass is 427 g/mol. The molecule has 1 amide bonds. The number of rotatable bonds is 8. The molecule has 1 heterocycles. The van der Waals surface area contributed by atoms with Crippen molar-refractivity contribution in [2.24, 2.45) is 0 Å². The second-order valence-electron chi connectivity index (χ2n) is 8.30. The average molecular weight is 427 g/mol. The summed E-state index contributed by atoms with van der Waals surface area (Å²) < 4.78 is 21.4. The Labute approximate surface area is 182 Å². The van der Waals surface area contributed by atoms with Crippen LogP contribution in [-0.4, -0.2) is 44.8 Å². The van der Waals surface area contributed by atoms with E-state index < -0.39 is 5.97 Å². The lowest BCUT2D eigenvalue weighted by Gasteiger charge is -2.19. The van der Waals surface area contributed by atoms with Crippen LogP contribution in [0.5, 0.6) is 17.2 Å². The third-order valence-corrected chi connectivity index (χ3v) is 4.78. The Morgan fingerprint density at radius 2 is 1.68 bits per heavy atom. The van der Waals surface area contributed by atoms with Gasteiger partial charge in [-0.15, -0.1) is 0 Å². The third kappa shape index (κ3) is 6.91. The molecule has 0 aliphatic carbocycles. The molecule has 0 radical (unpaired) electrons. The van der Waals surface area contributed by atoms with E-state index in [1.165, 1.54) is 5.56 Å². The molecule has 0 spiro atoms. The lowest BCUT2D eigenvalue weighted by Crippen LogP contribution is -2.31. The van der Waals surface area contributed by atoms with E-state index >= 15 is 0 Å². The van der Waals surface area contributed by atoms with Crippen LogP contribution >= 0.6 is 0 Å². The van der Waals surface area contributed by atoms with Crippen molar-refractivity contribution in [1.82, 2.24) is 5.32 Å². The highest BCUT2D eigenvalue weighted by molar-refractivity contribution is 5.80. The van der Waals surface area contributed by atoms with Crippen LogP contribution in [0.1, 0.15) is 31.9 Å². The van der Waals surface area contributed by atoms with Crippen molar-refractivity contribution >= 4 is 11.9 Å². The maximum absolute atomic E-state index is 11.9. The summed E-state index contributed by atoms with van der Waals surface area (Å²) in [6.45, 7) is 7.29. The number of nitrogens with one attached hydrogen (secondary N) is 1. The molecular weight excluding hydrogens is 398 g/mol. The van der Waals surface area contributed by atoms with Gasteiger partial charge in [0.25, 0.3) is 5.91 Å². The number of hydrogen-bond acceptors (Lipinski definition) is 6. The zero-order chi connectivity index (χ0) is 22.3. The molecule has 1 aliphatic heterocycles. The molecular formula is C24H29NO6. The zero-order valence-electron chi connectivity index (χ0n) is 18.2. The van der Waals surface area contributed by atoms with Crippen molar-refractivity contribution in [2.75, 3.05) is 33.0 Å². The van der Waals surface area contributed by atoms with E-state index in [1.54, 1.807) is 0 Å². The maximum Gasteiger partial charge on any atom is 0.344 e. The molecule has 31 heavy (non-hydrogen) atoms. The summed E-state index contributed by atoms with van der Waals surface area (Å²) in [7, 11) is 0. The minimum absolute atomic E-state index is 0.0485. The van der Waals surface area contributed by atoms with Crippen molar-refractivity contribution in [2.45, 2.75) is 32.6 Å². The second-order valence-corrected chi connectivity index (χ2v) is 8.30. The van der Waals surface area contributed by atoms with Crippen LogP contribution in [0, 0.1) is 0 Å². The fraction of sp³-hybridized carbons (Fsp3) is 0.417. The Balaban J connectivity index is 1.32. The molecule has 0 atom stereocenters. The Kier molecular flexibility index (Phi) is 7.39. The van der Waals surface area contributed by atoms with Gasteiger partial charge in [-0.05, 0) is 47.2 Å². The molecule has 0 aromatic heterocycles. The standard InChI is InChI=1S/C24H29NO6/c1-24(2,3)18-5-7-19(8-6-18)30-16-23(27)31-15-22(26)25-11-10-17-4-9-20-21(14-17)29-13-12-28-20/h4-9,14H,10-13,15-16H2,1-3H3,(H,25,26). The van der Waals surface area contributed by atoms with Gasteiger partial charge in [-0.3, -0.25) is 4.79 Å². The number of amides is 1. The summed E-state index contributed by atoms with van der Waals surface area (Å²) in [4.78, 5) is 23.7. The van der Waals surface area contributed by atoms with Gasteiger partial charge < -0.3 is 24.3 Å². The average Bonchev–Trinajstić information content (AvgIpc) is 2.76. The summed E-state index contributed by atoms with van der Waals surface area (Å²) in [6, 6.07) is 13.3. The molecule has 0 unspecified atom stereocenters. The van der Waals surface area contributed by atoms with Gasteiger partial charge in [0.15, 0.2) is 24.7 Å². The van der Waals surface area contributed by atoms with E-state index in [0.29, 0.717) is 31.9 Å². The predicted octanol–water partition coefficient (Wildman–Crippen LogP) is 3.04. The molecule has 2 aromatic carbocycles. The first-order valence-electron chi connectivity index (χ1n) is 10.4. The quantitative estimate of drug-likeness (QED) is 0.652. The number of ether oxygens (including phenoxy) is 4. The van der Waals surface area contributed by atoms with E-state index in [1.807, 2.05) is 42.5 Å². The van der Waals surface area contributed by atoms with Crippen LogP contribution in [0.2, 0.25) is 0 Å². The molecule has 2 aromatic rings. The molecule has 1 N–H and O–H groups in total. The van der Waals surface area contributed by atoms with Gasteiger partial charge in [0.2, 0.25) is 0 Å². The van der Waals surface area contributed by atoms with Gasteiger partial charge in [-0.1, -0.05) is 39.0 Å². The van der Waals surface area contributed by atoms with Gasteiger partial charge in [-0.25, -0.2) is 4.79 Å². The van der Waals surface area contributed by atoms with Gasteiger partial charge in [-0.2, -0.15) is 0 Å². The number of hydrogen-bond donors (Lipinski definition) is 1. The van der Waals surface area contributed by atoms with Gasteiger partial charge in [0, 0.05) is 6.54 Å². The maximum atomic E-state index is 11.9. The Morgan fingerprint density at radius 3 is 2.39 bits per heavy atom. The first-order chi connectivity index (χ1) is 14.8. The zero-order valence-corrected chi connectivity index (χ0v) is 18.2. The fourth-order valence-corrected chi connectivity index (χ4v) is 3.02. The lowest BCUT2D eigenvalue weighted by atomic mass is 9.87. The highest BCUT2D eigenvalue weighted by atomic mass is 16.6. The highest BCUT2D eigenvalue weighted by Gasteiger charge is 2.14. The molecule has 166 valence electrons. The largest absolute Gasteiger partial charge is 0.486 e. The Hall–Kier alpha value is -3.22. The lowest BCUT2D eigenvalue weighted by molar-refractivity contribution is -0.150. The van der Waals surface area contributed by atoms with Crippen molar-refractivity contribution in [3.05, 3.63) is 53.6 Å². The van der Waals surface area contributed by atoms with E-state index in [2.05, 4.69) is 26.1 Å². The smallest absolute Gasteiger partial charge is 0.344 e. The van der Waals surface area contributed by atoms with E-state index in [-0.39, 0.29) is 24.5 Å². The van der Waals surface area contributed by atoms with Crippen molar-refractivity contribution in [3.63, 3.8) is 0 Å². The second kappa shape index (κ2) is 10.2. The Morgan fingerprint density at radius 1 is 0.968 bits per heavy atom. The van der Waals surface area contributed by atoms with Gasteiger partial charge in [0.05, 0.1) is 0 Å². The Bertz CT molecular complexity index is 901. The number of carbonyl (C=O) groups is 2. The molecule has 7 nitrogen and oxygen atoms in total. The van der Waals surface area contributed by atoms with Crippen LogP contribution in [0.15, 0.2) is 42.5 Å². The summed E-state index contributed by atoms with van der Waals surface area (Å²) >= 11 is 0. The first kappa shape index (κ1) is 22.5. The summed E-state index contributed by atoms with van der Waals surface area (Å²) in [6.07, 6.45) is 0.629. The van der Waals surface area contributed by atoms with Gasteiger partial charge in [0.1, 0.15) is 19.0 Å². The van der Waals surface area contributed by atoms with Crippen LogP contribution in [0.3, 0.4) is 0 Å². The van der Waals surface area contributed by atoms with Gasteiger partial charge >= 0.3 is 5.97 Å². The minimum atomic E-state index is -0.595. The van der Waals surface area contributed by atoms with Crippen LogP contribution < -0.4 is 19.5 Å². The number of carbonyl (C=O) groups excluding carboxylic acids is 2. The van der Waals surface area contributed by atoms with Crippen LogP contribution in [-0.2, 0) is 26.2 Å². The number of benzene rings is 2. The topological polar surface area (TPSA) is 83.1 Å². The molecule has 1 aliphatic rings. The molecule has 3 rings (SSSR count). The molecule has 7 heteroatoms. The molecule has 0 bridgehead atoms. The number of fused-ring (bicyclic) bond motifs is 1. The SMILES string of the molecule is CC(C)(C)c1ccc(OCC(=O)OCC(=O)NCCc2ccc3c(c2)OCCO3)cc1. The molecule has 0 fully saturated rings. The van der Waals surface area contributed by atoms with E-state index in [9.17, 15) is 9.59 Å². The molecule has 0 saturated carbocycles. The first-order valence-corrected chi connectivity index (χ1v) is 10.4. The molecule has 0 saturated heterocycles. The normalized spacial score (nSPS) is 12.7. The van der Waals surface area contributed by atoms with Crippen LogP contribution in [0.25, 0.3) is 0 Å². The van der Waals surface area contributed by atoms with Crippen molar-refractivity contribution in [3.8, 4) is 17.2 Å². The highest BCUT2D eigenvalue weighted by Crippen LogP contribution is 2.30. The number of esters is 1. The summed E-state index contributed by atoms with van der Waals surface area (Å²) in [5, 5.41) is 2.73. The fourth-order valence-electron chi connectivity index (χ4n) is 3.02. The van der Waals surface area contributed by atoms with Crippen molar-refractivity contribution in [1.29, 1.82) is 0 Å².